The number of halogens is 1. The summed E-state index contributed by atoms with van der Waals surface area (Å²) < 4.78 is 13.1. The van der Waals surface area contributed by atoms with Crippen molar-refractivity contribution in [2.24, 2.45) is 5.73 Å². The number of carbonyl (C=O) groups is 2. The van der Waals surface area contributed by atoms with Crippen LogP contribution in [-0.2, 0) is 4.79 Å². The smallest absolute Gasteiger partial charge is 0.320 e. The molecule has 2 N–H and O–H groups in total. The molecule has 6 heteroatoms. The van der Waals surface area contributed by atoms with E-state index in [9.17, 15) is 14.0 Å². The van der Waals surface area contributed by atoms with Crippen LogP contribution in [0.3, 0.4) is 0 Å². The van der Waals surface area contributed by atoms with Crippen LogP contribution in [0.25, 0.3) is 0 Å². The number of carbonyl (C=O) groups excluding carboxylic acids is 2. The summed E-state index contributed by atoms with van der Waals surface area (Å²) in [6.45, 7) is 2.27. The standard InChI is InChI=1S/C9H16FN3O2/c1-3-12(2)9(15)13-5-6(10)4-7(13)8(11)14/h6-7H,3-5H2,1-2H3,(H2,11,14)/t6-,7+/m1/s1. The number of urea groups is 1. The Morgan fingerprint density at radius 1 is 1.60 bits per heavy atom. The molecule has 1 aliphatic heterocycles. The maximum atomic E-state index is 13.1. The number of hydrogen-bond donors (Lipinski definition) is 1. The lowest BCUT2D eigenvalue weighted by Gasteiger charge is -2.26. The maximum Gasteiger partial charge on any atom is 0.320 e. The lowest BCUT2D eigenvalue weighted by atomic mass is 10.2. The zero-order chi connectivity index (χ0) is 11.6. The van der Waals surface area contributed by atoms with Crippen molar-refractivity contribution in [3.8, 4) is 0 Å². The van der Waals surface area contributed by atoms with Crippen LogP contribution < -0.4 is 5.73 Å². The molecule has 15 heavy (non-hydrogen) atoms. The van der Waals surface area contributed by atoms with Gasteiger partial charge in [0.25, 0.3) is 0 Å². The fraction of sp³-hybridized carbons (Fsp3) is 0.778. The third-order valence-corrected chi connectivity index (χ3v) is 2.63. The fourth-order valence-electron chi connectivity index (χ4n) is 1.62. The van der Waals surface area contributed by atoms with Crippen LogP contribution in [0.2, 0.25) is 0 Å². The van der Waals surface area contributed by atoms with E-state index in [0.717, 1.165) is 0 Å². The van der Waals surface area contributed by atoms with Crippen molar-refractivity contribution in [2.45, 2.75) is 25.6 Å². The average Bonchev–Trinajstić information content (AvgIpc) is 2.58. The molecule has 0 radical (unpaired) electrons. The topological polar surface area (TPSA) is 66.6 Å². The number of likely N-dealkylation sites (tertiary alicyclic amines) is 1. The highest BCUT2D eigenvalue weighted by molar-refractivity contribution is 5.86. The number of nitrogens with zero attached hydrogens (tertiary/aromatic N) is 2. The van der Waals surface area contributed by atoms with Gasteiger partial charge in [0.1, 0.15) is 12.2 Å². The molecule has 3 amide bonds. The molecule has 0 saturated carbocycles. The number of rotatable bonds is 2. The Hall–Kier alpha value is -1.33. The van der Waals surface area contributed by atoms with Crippen molar-refractivity contribution in [3.05, 3.63) is 0 Å². The average molecular weight is 217 g/mol. The third-order valence-electron chi connectivity index (χ3n) is 2.63. The second kappa shape index (κ2) is 4.46. The van der Waals surface area contributed by atoms with Gasteiger partial charge in [0.2, 0.25) is 5.91 Å². The van der Waals surface area contributed by atoms with Crippen molar-refractivity contribution in [3.63, 3.8) is 0 Å². The van der Waals surface area contributed by atoms with E-state index in [1.807, 2.05) is 0 Å². The zero-order valence-corrected chi connectivity index (χ0v) is 8.94. The SMILES string of the molecule is CCN(C)C(=O)N1C[C@H](F)C[C@H]1C(N)=O. The predicted molar refractivity (Wildman–Crippen MR) is 52.9 cm³/mol. The van der Waals surface area contributed by atoms with Crippen LogP contribution in [-0.4, -0.2) is 54.1 Å². The van der Waals surface area contributed by atoms with Crippen molar-refractivity contribution in [1.29, 1.82) is 0 Å². The number of amides is 3. The molecule has 1 aliphatic rings. The minimum absolute atomic E-state index is 0.0125. The Labute approximate surface area is 88.0 Å². The van der Waals surface area contributed by atoms with Crippen LogP contribution in [0.15, 0.2) is 0 Å². The van der Waals surface area contributed by atoms with Crippen LogP contribution in [0.4, 0.5) is 9.18 Å². The van der Waals surface area contributed by atoms with Gasteiger partial charge >= 0.3 is 6.03 Å². The largest absolute Gasteiger partial charge is 0.368 e. The molecule has 5 nitrogen and oxygen atoms in total. The fourth-order valence-corrected chi connectivity index (χ4v) is 1.62. The van der Waals surface area contributed by atoms with Gasteiger partial charge in [-0.3, -0.25) is 4.79 Å². The summed E-state index contributed by atoms with van der Waals surface area (Å²) in [6, 6.07) is -1.15. The van der Waals surface area contributed by atoms with Gasteiger partial charge in [0.05, 0.1) is 6.54 Å². The third kappa shape index (κ3) is 2.37. The highest BCUT2D eigenvalue weighted by Gasteiger charge is 2.39. The van der Waals surface area contributed by atoms with E-state index in [0.29, 0.717) is 6.54 Å². The first-order valence-electron chi connectivity index (χ1n) is 4.92. The summed E-state index contributed by atoms with van der Waals surface area (Å²) in [5, 5.41) is 0. The quantitative estimate of drug-likeness (QED) is 0.705. The summed E-state index contributed by atoms with van der Waals surface area (Å²) in [4.78, 5) is 25.4. The molecular weight excluding hydrogens is 201 g/mol. The van der Waals surface area contributed by atoms with Crippen LogP contribution in [0.1, 0.15) is 13.3 Å². The van der Waals surface area contributed by atoms with Crippen LogP contribution in [0, 0.1) is 0 Å². The second-order valence-electron chi connectivity index (χ2n) is 3.70. The van der Waals surface area contributed by atoms with Gasteiger partial charge in [-0.15, -0.1) is 0 Å². The van der Waals surface area contributed by atoms with E-state index in [1.54, 1.807) is 14.0 Å². The molecular formula is C9H16FN3O2. The number of alkyl halides is 1. The molecule has 1 fully saturated rings. The first-order chi connectivity index (χ1) is 6.97. The molecule has 0 unspecified atom stereocenters. The van der Waals surface area contributed by atoms with E-state index in [2.05, 4.69) is 0 Å². The molecule has 2 atom stereocenters. The van der Waals surface area contributed by atoms with Crippen molar-refractivity contribution >= 4 is 11.9 Å². The Morgan fingerprint density at radius 2 is 2.20 bits per heavy atom. The summed E-state index contributed by atoms with van der Waals surface area (Å²) in [6.07, 6.45) is -1.14. The number of hydrogen-bond acceptors (Lipinski definition) is 2. The highest BCUT2D eigenvalue weighted by atomic mass is 19.1. The Balaban J connectivity index is 2.75. The van der Waals surface area contributed by atoms with E-state index in [-0.39, 0.29) is 19.0 Å². The van der Waals surface area contributed by atoms with Crippen molar-refractivity contribution in [2.75, 3.05) is 20.1 Å². The summed E-state index contributed by atoms with van der Waals surface area (Å²) in [7, 11) is 1.60. The van der Waals surface area contributed by atoms with E-state index in [1.165, 1.54) is 9.80 Å². The molecule has 0 bridgehead atoms. The van der Waals surface area contributed by atoms with Crippen LogP contribution in [0.5, 0.6) is 0 Å². The molecule has 1 saturated heterocycles. The van der Waals surface area contributed by atoms with Gasteiger partial charge in [-0.2, -0.15) is 0 Å². The minimum atomic E-state index is -1.16. The van der Waals surface area contributed by atoms with Crippen molar-refractivity contribution < 1.29 is 14.0 Å². The predicted octanol–water partition coefficient (Wildman–Crippen LogP) is -0.0442. The molecule has 0 spiro atoms. The van der Waals surface area contributed by atoms with Gasteiger partial charge in [-0.1, -0.05) is 0 Å². The summed E-state index contributed by atoms with van der Waals surface area (Å²) in [5.41, 5.74) is 5.11. The molecule has 0 aromatic carbocycles. The first kappa shape index (κ1) is 11.7. The van der Waals surface area contributed by atoms with Crippen LogP contribution >= 0.6 is 0 Å². The lowest BCUT2D eigenvalue weighted by molar-refractivity contribution is -0.121. The van der Waals surface area contributed by atoms with Gasteiger partial charge < -0.3 is 15.5 Å². The minimum Gasteiger partial charge on any atom is -0.368 e. The van der Waals surface area contributed by atoms with Crippen molar-refractivity contribution in [1.82, 2.24) is 9.80 Å². The monoisotopic (exact) mass is 217 g/mol. The highest BCUT2D eigenvalue weighted by Crippen LogP contribution is 2.21. The zero-order valence-electron chi connectivity index (χ0n) is 8.94. The molecule has 0 aromatic rings. The Bertz CT molecular complexity index is 272. The maximum absolute atomic E-state index is 13.1. The second-order valence-corrected chi connectivity index (χ2v) is 3.70. The van der Waals surface area contributed by atoms with E-state index >= 15 is 0 Å². The number of primary amides is 1. The van der Waals surface area contributed by atoms with Gasteiger partial charge in [-0.05, 0) is 6.92 Å². The normalized spacial score (nSPS) is 25.4. The first-order valence-corrected chi connectivity index (χ1v) is 4.92. The molecule has 1 heterocycles. The Morgan fingerprint density at radius 3 is 2.67 bits per heavy atom. The lowest BCUT2D eigenvalue weighted by Crippen LogP contribution is -2.48. The van der Waals surface area contributed by atoms with E-state index in [4.69, 9.17) is 5.73 Å². The molecule has 0 aliphatic carbocycles. The molecule has 0 aromatic heterocycles. The summed E-state index contributed by atoms with van der Waals surface area (Å²) in [5.74, 6) is -0.645. The summed E-state index contributed by atoms with van der Waals surface area (Å²) >= 11 is 0. The van der Waals surface area contributed by atoms with Gasteiger partial charge in [-0.25, -0.2) is 9.18 Å². The van der Waals surface area contributed by atoms with E-state index < -0.39 is 18.1 Å². The van der Waals surface area contributed by atoms with Gasteiger partial charge in [0.15, 0.2) is 0 Å². The molecule has 86 valence electrons. The Kier molecular flexibility index (Phi) is 3.49. The van der Waals surface area contributed by atoms with Gasteiger partial charge in [0, 0.05) is 20.0 Å². The number of nitrogens with two attached hydrogens (primary N) is 1. The molecule has 1 rings (SSSR count).